The van der Waals surface area contributed by atoms with E-state index in [2.05, 4.69) is 18.9 Å². The monoisotopic (exact) mass is 186 g/mol. The van der Waals surface area contributed by atoms with Crippen LogP contribution >= 0.6 is 0 Å². The standard InChI is InChI=1S/C9H19N3O/c1-3-11-4-6-12(2,7-5-11)8-9(10)13/h3-8H2,1-2H3,(H-,10,13)/p+1. The van der Waals surface area contributed by atoms with E-state index in [-0.39, 0.29) is 5.91 Å². The van der Waals surface area contributed by atoms with Gasteiger partial charge in [-0.05, 0) is 6.54 Å². The minimum atomic E-state index is -0.188. The lowest BCUT2D eigenvalue weighted by Gasteiger charge is -2.40. The van der Waals surface area contributed by atoms with Crippen LogP contribution in [0.25, 0.3) is 0 Å². The van der Waals surface area contributed by atoms with Gasteiger partial charge in [0.05, 0.1) is 20.1 Å². The second-order valence-corrected chi connectivity index (χ2v) is 4.13. The van der Waals surface area contributed by atoms with Crippen molar-refractivity contribution in [1.82, 2.24) is 4.90 Å². The van der Waals surface area contributed by atoms with Gasteiger partial charge in [0, 0.05) is 13.1 Å². The summed E-state index contributed by atoms with van der Waals surface area (Å²) in [5.74, 6) is -0.188. The van der Waals surface area contributed by atoms with E-state index < -0.39 is 0 Å². The zero-order valence-electron chi connectivity index (χ0n) is 8.62. The topological polar surface area (TPSA) is 46.3 Å². The molecule has 1 rings (SSSR count). The molecule has 4 heteroatoms. The number of likely N-dealkylation sites (N-methyl/N-ethyl adjacent to an activating group) is 2. The predicted octanol–water partition coefficient (Wildman–Crippen LogP) is -0.746. The summed E-state index contributed by atoms with van der Waals surface area (Å²) in [5.41, 5.74) is 5.21. The number of primary amides is 1. The van der Waals surface area contributed by atoms with E-state index in [0.29, 0.717) is 6.54 Å². The van der Waals surface area contributed by atoms with Gasteiger partial charge in [-0.3, -0.25) is 9.69 Å². The summed E-state index contributed by atoms with van der Waals surface area (Å²) in [6, 6.07) is 0. The Hall–Kier alpha value is -0.610. The first-order valence-corrected chi connectivity index (χ1v) is 4.90. The Morgan fingerprint density at radius 3 is 2.38 bits per heavy atom. The van der Waals surface area contributed by atoms with Gasteiger partial charge in [0.15, 0.2) is 6.54 Å². The van der Waals surface area contributed by atoms with Crippen molar-refractivity contribution in [3.8, 4) is 0 Å². The summed E-state index contributed by atoms with van der Waals surface area (Å²) in [4.78, 5) is 13.2. The highest BCUT2D eigenvalue weighted by Gasteiger charge is 2.29. The molecule has 0 aromatic carbocycles. The number of rotatable bonds is 3. The van der Waals surface area contributed by atoms with Crippen LogP contribution in [0.2, 0.25) is 0 Å². The molecule has 13 heavy (non-hydrogen) atoms. The summed E-state index contributed by atoms with van der Waals surface area (Å²) >= 11 is 0. The second-order valence-electron chi connectivity index (χ2n) is 4.13. The highest BCUT2D eigenvalue weighted by molar-refractivity contribution is 5.74. The minimum Gasteiger partial charge on any atom is -0.365 e. The molecule has 0 radical (unpaired) electrons. The van der Waals surface area contributed by atoms with Gasteiger partial charge in [-0.1, -0.05) is 6.92 Å². The maximum absolute atomic E-state index is 10.8. The third-order valence-corrected chi connectivity index (χ3v) is 2.90. The summed E-state index contributed by atoms with van der Waals surface area (Å²) in [6.45, 7) is 8.01. The van der Waals surface area contributed by atoms with Gasteiger partial charge in [-0.2, -0.15) is 0 Å². The van der Waals surface area contributed by atoms with Crippen LogP contribution in [0.1, 0.15) is 6.92 Å². The molecular formula is C9H20N3O+. The third kappa shape index (κ3) is 2.97. The van der Waals surface area contributed by atoms with Crippen molar-refractivity contribution < 1.29 is 9.28 Å². The zero-order chi connectivity index (χ0) is 9.90. The van der Waals surface area contributed by atoms with Gasteiger partial charge in [-0.25, -0.2) is 0 Å². The van der Waals surface area contributed by atoms with Crippen molar-refractivity contribution in [3.63, 3.8) is 0 Å². The van der Waals surface area contributed by atoms with E-state index >= 15 is 0 Å². The Labute approximate surface area is 79.9 Å². The fourth-order valence-electron chi connectivity index (χ4n) is 1.84. The molecule has 0 atom stereocenters. The van der Waals surface area contributed by atoms with Crippen molar-refractivity contribution in [2.45, 2.75) is 6.92 Å². The highest BCUT2D eigenvalue weighted by Crippen LogP contribution is 2.08. The molecule has 1 aliphatic rings. The number of carbonyl (C=O) groups excluding carboxylic acids is 1. The Morgan fingerprint density at radius 2 is 2.00 bits per heavy atom. The zero-order valence-corrected chi connectivity index (χ0v) is 8.62. The van der Waals surface area contributed by atoms with E-state index in [1.54, 1.807) is 0 Å². The Kier molecular flexibility index (Phi) is 3.27. The first-order valence-electron chi connectivity index (χ1n) is 4.90. The second kappa shape index (κ2) is 4.07. The molecule has 1 saturated heterocycles. The minimum absolute atomic E-state index is 0.188. The van der Waals surface area contributed by atoms with Gasteiger partial charge < -0.3 is 10.2 Å². The lowest BCUT2D eigenvalue weighted by atomic mass is 10.2. The molecule has 0 aromatic heterocycles. The predicted molar refractivity (Wildman–Crippen MR) is 52.1 cm³/mol. The maximum Gasteiger partial charge on any atom is 0.272 e. The number of amides is 1. The van der Waals surface area contributed by atoms with Crippen molar-refractivity contribution in [3.05, 3.63) is 0 Å². The van der Waals surface area contributed by atoms with Crippen LogP contribution in [0.5, 0.6) is 0 Å². The van der Waals surface area contributed by atoms with Crippen molar-refractivity contribution >= 4 is 5.91 Å². The average molecular weight is 186 g/mol. The quantitative estimate of drug-likeness (QED) is 0.590. The van der Waals surface area contributed by atoms with Crippen LogP contribution in [0.3, 0.4) is 0 Å². The number of quaternary nitrogens is 1. The van der Waals surface area contributed by atoms with E-state index in [1.807, 2.05) is 0 Å². The Bertz CT molecular complexity index is 185. The smallest absolute Gasteiger partial charge is 0.272 e. The fourth-order valence-corrected chi connectivity index (χ4v) is 1.84. The Balaban J connectivity index is 2.41. The lowest BCUT2D eigenvalue weighted by molar-refractivity contribution is -0.906. The van der Waals surface area contributed by atoms with E-state index in [0.717, 1.165) is 37.2 Å². The molecule has 2 N–H and O–H groups in total. The van der Waals surface area contributed by atoms with Gasteiger partial charge in [0.25, 0.3) is 5.91 Å². The summed E-state index contributed by atoms with van der Waals surface area (Å²) in [5, 5.41) is 0. The number of nitrogens with two attached hydrogens (primary N) is 1. The number of hydrogen-bond donors (Lipinski definition) is 1. The Morgan fingerprint density at radius 1 is 1.46 bits per heavy atom. The van der Waals surface area contributed by atoms with Crippen LogP contribution in [-0.4, -0.2) is 61.6 Å². The largest absolute Gasteiger partial charge is 0.365 e. The number of carbonyl (C=O) groups is 1. The van der Waals surface area contributed by atoms with Crippen LogP contribution in [0.15, 0.2) is 0 Å². The van der Waals surface area contributed by atoms with E-state index in [4.69, 9.17) is 5.73 Å². The molecule has 1 heterocycles. The number of piperazine rings is 1. The molecule has 1 amide bonds. The van der Waals surface area contributed by atoms with E-state index in [9.17, 15) is 4.79 Å². The van der Waals surface area contributed by atoms with Gasteiger partial charge in [0.1, 0.15) is 0 Å². The van der Waals surface area contributed by atoms with Crippen molar-refractivity contribution in [2.24, 2.45) is 5.73 Å². The number of hydrogen-bond acceptors (Lipinski definition) is 2. The van der Waals surface area contributed by atoms with Crippen LogP contribution in [-0.2, 0) is 4.79 Å². The first kappa shape index (κ1) is 10.5. The molecule has 0 aliphatic carbocycles. The average Bonchev–Trinajstić information content (AvgIpc) is 2.04. The molecule has 0 unspecified atom stereocenters. The fraction of sp³-hybridized carbons (Fsp3) is 0.889. The van der Waals surface area contributed by atoms with E-state index in [1.165, 1.54) is 0 Å². The highest BCUT2D eigenvalue weighted by atomic mass is 16.1. The SMILES string of the molecule is CCN1CC[N+](C)(CC(N)=O)CC1. The van der Waals surface area contributed by atoms with Gasteiger partial charge in [-0.15, -0.1) is 0 Å². The molecule has 0 bridgehead atoms. The van der Waals surface area contributed by atoms with Crippen LogP contribution < -0.4 is 5.73 Å². The lowest BCUT2D eigenvalue weighted by Crippen LogP contribution is -2.59. The molecule has 0 aromatic rings. The molecular weight excluding hydrogens is 166 g/mol. The summed E-state index contributed by atoms with van der Waals surface area (Å²) in [6.07, 6.45) is 0. The summed E-state index contributed by atoms with van der Waals surface area (Å²) < 4.78 is 0.811. The molecule has 4 nitrogen and oxygen atoms in total. The van der Waals surface area contributed by atoms with Crippen LogP contribution in [0.4, 0.5) is 0 Å². The van der Waals surface area contributed by atoms with Gasteiger partial charge in [0.2, 0.25) is 0 Å². The van der Waals surface area contributed by atoms with Crippen molar-refractivity contribution in [2.75, 3.05) is 46.3 Å². The van der Waals surface area contributed by atoms with Crippen LogP contribution in [0, 0.1) is 0 Å². The maximum atomic E-state index is 10.8. The molecule has 76 valence electrons. The normalized spacial score (nSPS) is 22.9. The summed E-state index contributed by atoms with van der Waals surface area (Å²) in [7, 11) is 2.11. The molecule has 1 fully saturated rings. The number of nitrogens with zero attached hydrogens (tertiary/aromatic N) is 2. The molecule has 1 aliphatic heterocycles. The third-order valence-electron chi connectivity index (χ3n) is 2.90. The van der Waals surface area contributed by atoms with Gasteiger partial charge >= 0.3 is 0 Å². The molecule has 0 saturated carbocycles. The van der Waals surface area contributed by atoms with Crippen molar-refractivity contribution in [1.29, 1.82) is 0 Å². The first-order chi connectivity index (χ1) is 6.06. The molecule has 0 spiro atoms.